The van der Waals surface area contributed by atoms with E-state index < -0.39 is 40.2 Å². The SMILES string of the molecule is N#Cc1c(N)nc(N)nc1-c1c(F)c(F)cc(Br)c1F. The van der Waals surface area contributed by atoms with Crippen LogP contribution in [0.25, 0.3) is 11.3 Å². The number of halogens is 4. The van der Waals surface area contributed by atoms with Crippen LogP contribution in [0, 0.1) is 28.8 Å². The molecule has 102 valence electrons. The number of hydrogen-bond donors (Lipinski definition) is 2. The van der Waals surface area contributed by atoms with Gasteiger partial charge >= 0.3 is 0 Å². The van der Waals surface area contributed by atoms with Crippen molar-refractivity contribution in [2.45, 2.75) is 0 Å². The maximum atomic E-state index is 14.0. The van der Waals surface area contributed by atoms with Gasteiger partial charge in [-0.15, -0.1) is 0 Å². The van der Waals surface area contributed by atoms with Crippen molar-refractivity contribution < 1.29 is 13.2 Å². The summed E-state index contributed by atoms with van der Waals surface area (Å²) >= 11 is 2.74. The topological polar surface area (TPSA) is 102 Å². The molecule has 0 aliphatic carbocycles. The van der Waals surface area contributed by atoms with E-state index in [9.17, 15) is 13.2 Å². The van der Waals surface area contributed by atoms with Crippen LogP contribution < -0.4 is 11.5 Å². The molecule has 4 N–H and O–H groups in total. The molecule has 5 nitrogen and oxygen atoms in total. The average molecular weight is 344 g/mol. The molecule has 2 aromatic rings. The molecule has 0 saturated carbocycles. The number of anilines is 2. The lowest BCUT2D eigenvalue weighted by Gasteiger charge is -2.10. The van der Waals surface area contributed by atoms with E-state index in [1.807, 2.05) is 0 Å². The van der Waals surface area contributed by atoms with Gasteiger partial charge in [0.2, 0.25) is 5.95 Å². The Morgan fingerprint density at radius 3 is 2.40 bits per heavy atom. The Hall–Kier alpha value is -2.34. The highest BCUT2D eigenvalue weighted by Crippen LogP contribution is 2.34. The van der Waals surface area contributed by atoms with Crippen molar-refractivity contribution in [3.05, 3.63) is 33.6 Å². The van der Waals surface area contributed by atoms with E-state index in [1.54, 1.807) is 6.07 Å². The Morgan fingerprint density at radius 1 is 1.15 bits per heavy atom. The minimum absolute atomic E-state index is 0.328. The minimum atomic E-state index is -1.50. The third-order valence-corrected chi connectivity index (χ3v) is 2.99. The van der Waals surface area contributed by atoms with Crippen molar-refractivity contribution in [1.82, 2.24) is 9.97 Å². The van der Waals surface area contributed by atoms with Gasteiger partial charge in [-0.05, 0) is 22.0 Å². The lowest BCUT2D eigenvalue weighted by atomic mass is 10.1. The summed E-state index contributed by atoms with van der Waals surface area (Å²) < 4.78 is 40.9. The van der Waals surface area contributed by atoms with Gasteiger partial charge in [-0.2, -0.15) is 10.2 Å². The molecule has 0 spiro atoms. The molecule has 1 heterocycles. The summed E-state index contributed by atoms with van der Waals surface area (Å²) in [6, 6.07) is 2.23. The lowest BCUT2D eigenvalue weighted by Crippen LogP contribution is -2.07. The fourth-order valence-electron chi connectivity index (χ4n) is 1.57. The molecule has 9 heteroatoms. The number of nitrogens with two attached hydrogens (primary N) is 2. The molecule has 20 heavy (non-hydrogen) atoms. The quantitative estimate of drug-likeness (QED) is 0.774. The maximum Gasteiger partial charge on any atom is 0.222 e. The van der Waals surface area contributed by atoms with Crippen molar-refractivity contribution in [2.24, 2.45) is 0 Å². The molecule has 0 fully saturated rings. The Balaban J connectivity index is 2.93. The van der Waals surface area contributed by atoms with Crippen molar-refractivity contribution in [2.75, 3.05) is 11.5 Å². The third-order valence-electron chi connectivity index (χ3n) is 2.41. The molecule has 0 radical (unpaired) electrons. The normalized spacial score (nSPS) is 10.3. The first-order valence-corrected chi connectivity index (χ1v) is 5.82. The van der Waals surface area contributed by atoms with E-state index in [0.29, 0.717) is 6.07 Å². The van der Waals surface area contributed by atoms with Gasteiger partial charge in [0.1, 0.15) is 29.0 Å². The number of aromatic nitrogens is 2. The van der Waals surface area contributed by atoms with Gasteiger partial charge in [0, 0.05) is 0 Å². The van der Waals surface area contributed by atoms with E-state index in [0.717, 1.165) is 0 Å². The fourth-order valence-corrected chi connectivity index (χ4v) is 1.97. The van der Waals surface area contributed by atoms with Crippen molar-refractivity contribution >= 4 is 27.7 Å². The van der Waals surface area contributed by atoms with Crippen LogP contribution in [0.3, 0.4) is 0 Å². The second-order valence-corrected chi connectivity index (χ2v) is 4.50. The summed E-state index contributed by atoms with van der Waals surface area (Å²) in [5.74, 6) is -4.68. The van der Waals surface area contributed by atoms with Crippen LogP contribution in [0.4, 0.5) is 24.9 Å². The molecule has 1 aromatic carbocycles. The predicted molar refractivity (Wildman–Crippen MR) is 68.6 cm³/mol. The van der Waals surface area contributed by atoms with Crippen molar-refractivity contribution in [3.8, 4) is 17.3 Å². The first-order valence-electron chi connectivity index (χ1n) is 5.03. The zero-order valence-electron chi connectivity index (χ0n) is 9.59. The number of nitrogens with zero attached hydrogens (tertiary/aromatic N) is 3. The highest BCUT2D eigenvalue weighted by Gasteiger charge is 2.24. The number of rotatable bonds is 1. The van der Waals surface area contributed by atoms with Gasteiger partial charge in [0.25, 0.3) is 0 Å². The smallest absolute Gasteiger partial charge is 0.222 e. The first-order chi connectivity index (χ1) is 9.36. The molecule has 0 atom stereocenters. The predicted octanol–water partition coefficient (Wildman–Crippen LogP) is 2.36. The van der Waals surface area contributed by atoms with Crippen LogP contribution in [0.2, 0.25) is 0 Å². The van der Waals surface area contributed by atoms with E-state index in [-0.39, 0.29) is 10.3 Å². The third kappa shape index (κ3) is 2.14. The molecule has 0 bridgehead atoms. The van der Waals surface area contributed by atoms with Gasteiger partial charge in [0.15, 0.2) is 11.6 Å². The number of benzene rings is 1. The Morgan fingerprint density at radius 2 is 1.80 bits per heavy atom. The summed E-state index contributed by atoms with van der Waals surface area (Å²) in [5.41, 5.74) is 9.04. The summed E-state index contributed by atoms with van der Waals surface area (Å²) in [6.45, 7) is 0. The molecule has 1 aromatic heterocycles. The Kier molecular flexibility index (Phi) is 3.50. The Bertz CT molecular complexity index is 731. The molecule has 0 amide bonds. The van der Waals surface area contributed by atoms with Crippen LogP contribution >= 0.6 is 15.9 Å². The molecule has 0 saturated heterocycles. The van der Waals surface area contributed by atoms with E-state index in [4.69, 9.17) is 16.7 Å². The number of nitrogen functional groups attached to an aromatic ring is 2. The summed E-state index contributed by atoms with van der Waals surface area (Å²) in [7, 11) is 0. The largest absolute Gasteiger partial charge is 0.382 e. The Labute approximate surface area is 119 Å². The van der Waals surface area contributed by atoms with Gasteiger partial charge < -0.3 is 11.5 Å². The van der Waals surface area contributed by atoms with E-state index in [1.165, 1.54) is 0 Å². The molecule has 0 unspecified atom stereocenters. The monoisotopic (exact) mass is 343 g/mol. The van der Waals surface area contributed by atoms with Gasteiger partial charge in [-0.1, -0.05) is 0 Å². The van der Waals surface area contributed by atoms with Gasteiger partial charge in [-0.3, -0.25) is 0 Å². The van der Waals surface area contributed by atoms with Gasteiger partial charge in [-0.25, -0.2) is 18.2 Å². The number of nitriles is 1. The fraction of sp³-hybridized carbons (Fsp3) is 0. The van der Waals surface area contributed by atoms with E-state index >= 15 is 0 Å². The second-order valence-electron chi connectivity index (χ2n) is 3.65. The lowest BCUT2D eigenvalue weighted by molar-refractivity contribution is 0.496. The maximum absolute atomic E-state index is 14.0. The molecule has 0 aliphatic rings. The summed E-state index contributed by atoms with van der Waals surface area (Å²) in [5, 5.41) is 8.97. The van der Waals surface area contributed by atoms with Gasteiger partial charge in [0.05, 0.1) is 10.0 Å². The van der Waals surface area contributed by atoms with Crippen LogP contribution in [0.5, 0.6) is 0 Å². The molecular weight excluding hydrogens is 339 g/mol. The van der Waals surface area contributed by atoms with Crippen LogP contribution in [0.15, 0.2) is 10.5 Å². The zero-order chi connectivity index (χ0) is 15.0. The van der Waals surface area contributed by atoms with Crippen LogP contribution in [-0.4, -0.2) is 9.97 Å². The van der Waals surface area contributed by atoms with Crippen LogP contribution in [0.1, 0.15) is 5.56 Å². The average Bonchev–Trinajstić information content (AvgIpc) is 2.36. The highest BCUT2D eigenvalue weighted by molar-refractivity contribution is 9.10. The van der Waals surface area contributed by atoms with Crippen LogP contribution in [-0.2, 0) is 0 Å². The number of hydrogen-bond acceptors (Lipinski definition) is 5. The standard InChI is InChI=1S/C11H5BrF3N5/c12-4-1-5(13)8(15)6(7(4)14)9-3(2-16)10(17)20-11(18)19-9/h1H,(H4,17,18,19,20). The minimum Gasteiger partial charge on any atom is -0.382 e. The molecule has 0 aliphatic heterocycles. The highest BCUT2D eigenvalue weighted by atomic mass is 79.9. The molecule has 2 rings (SSSR count). The summed E-state index contributed by atoms with van der Waals surface area (Å²) in [4.78, 5) is 7.08. The zero-order valence-corrected chi connectivity index (χ0v) is 11.2. The first kappa shape index (κ1) is 14.1. The second kappa shape index (κ2) is 4.97. The van der Waals surface area contributed by atoms with Crippen molar-refractivity contribution in [1.29, 1.82) is 5.26 Å². The summed E-state index contributed by atoms with van der Waals surface area (Å²) in [6.07, 6.45) is 0. The van der Waals surface area contributed by atoms with Crippen molar-refractivity contribution in [3.63, 3.8) is 0 Å². The molecular formula is C11H5BrF3N5. The van der Waals surface area contributed by atoms with E-state index in [2.05, 4.69) is 25.9 Å².